The van der Waals surface area contributed by atoms with Gasteiger partial charge in [-0.25, -0.2) is 0 Å². The van der Waals surface area contributed by atoms with E-state index in [1.165, 1.54) is 6.92 Å². The number of ether oxygens (including phenoxy) is 1. The molecule has 0 saturated heterocycles. The molecule has 1 N–H and O–H groups in total. The summed E-state index contributed by atoms with van der Waals surface area (Å²) >= 11 is 5.66. The molecule has 0 aliphatic rings. The van der Waals surface area contributed by atoms with Crippen molar-refractivity contribution in [1.82, 2.24) is 0 Å². The highest BCUT2D eigenvalue weighted by Gasteiger charge is 2.27. The number of alkyl halides is 1. The van der Waals surface area contributed by atoms with Crippen LogP contribution >= 0.6 is 11.6 Å². The molecule has 72 valence electrons. The first-order valence-electron chi connectivity index (χ1n) is 3.90. The summed E-state index contributed by atoms with van der Waals surface area (Å²) in [5, 5.41) is 9.01. The molecular formula is C8H15ClO3. The smallest absolute Gasteiger partial charge is 0.302 e. The van der Waals surface area contributed by atoms with Crippen LogP contribution in [0.5, 0.6) is 0 Å². The summed E-state index contributed by atoms with van der Waals surface area (Å²) in [6.07, 6.45) is 0.695. The van der Waals surface area contributed by atoms with Gasteiger partial charge in [-0.05, 0) is 6.42 Å². The predicted octanol–water partition coefficient (Wildman–Crippen LogP) is 1.18. The summed E-state index contributed by atoms with van der Waals surface area (Å²) in [6.45, 7) is 3.38. The Hall–Kier alpha value is -0.280. The first-order chi connectivity index (χ1) is 5.60. The van der Waals surface area contributed by atoms with Gasteiger partial charge < -0.3 is 9.84 Å². The zero-order chi connectivity index (χ0) is 9.61. The number of esters is 1. The van der Waals surface area contributed by atoms with Gasteiger partial charge in [-0.3, -0.25) is 4.79 Å². The van der Waals surface area contributed by atoms with Crippen LogP contribution in [0.1, 0.15) is 20.3 Å². The van der Waals surface area contributed by atoms with E-state index in [1.807, 2.05) is 6.92 Å². The predicted molar refractivity (Wildman–Crippen MR) is 47.2 cm³/mol. The van der Waals surface area contributed by atoms with Crippen molar-refractivity contribution in [2.75, 3.05) is 19.1 Å². The Balaban J connectivity index is 4.01. The zero-order valence-corrected chi connectivity index (χ0v) is 8.23. The third kappa shape index (κ3) is 3.41. The summed E-state index contributed by atoms with van der Waals surface area (Å²) in [4.78, 5) is 10.5. The monoisotopic (exact) mass is 194 g/mol. The molecule has 0 radical (unpaired) electrons. The van der Waals surface area contributed by atoms with E-state index in [9.17, 15) is 4.79 Å². The standard InChI is InChI=1S/C8H15ClO3/c1-3-8(4-9,5-10)6-12-7(2)11/h10H,3-6H2,1-2H3. The van der Waals surface area contributed by atoms with E-state index in [-0.39, 0.29) is 19.2 Å². The number of aliphatic hydroxyl groups is 1. The van der Waals surface area contributed by atoms with E-state index in [0.717, 1.165) is 0 Å². The highest BCUT2D eigenvalue weighted by atomic mass is 35.5. The van der Waals surface area contributed by atoms with E-state index >= 15 is 0 Å². The fourth-order valence-corrected chi connectivity index (χ4v) is 1.04. The van der Waals surface area contributed by atoms with E-state index in [0.29, 0.717) is 12.3 Å². The number of carbonyl (C=O) groups is 1. The summed E-state index contributed by atoms with van der Waals surface area (Å²) in [5.74, 6) is -0.0424. The van der Waals surface area contributed by atoms with Gasteiger partial charge in [-0.2, -0.15) is 0 Å². The minimum Gasteiger partial charge on any atom is -0.465 e. The molecule has 0 aromatic heterocycles. The van der Waals surface area contributed by atoms with Crippen LogP contribution in [-0.4, -0.2) is 30.2 Å². The zero-order valence-electron chi connectivity index (χ0n) is 7.47. The van der Waals surface area contributed by atoms with Crippen molar-refractivity contribution >= 4 is 17.6 Å². The fourth-order valence-electron chi connectivity index (χ4n) is 0.690. The van der Waals surface area contributed by atoms with Crippen LogP contribution in [0, 0.1) is 5.41 Å². The molecule has 0 aromatic carbocycles. The topological polar surface area (TPSA) is 46.5 Å². The molecule has 0 amide bonds. The molecule has 0 aliphatic heterocycles. The fraction of sp³-hybridized carbons (Fsp3) is 0.875. The van der Waals surface area contributed by atoms with Crippen LogP contribution in [0.25, 0.3) is 0 Å². The number of rotatable bonds is 5. The van der Waals surface area contributed by atoms with Crippen LogP contribution in [0.3, 0.4) is 0 Å². The van der Waals surface area contributed by atoms with Crippen LogP contribution in [0.2, 0.25) is 0 Å². The molecule has 0 rings (SSSR count). The lowest BCUT2D eigenvalue weighted by atomic mass is 9.89. The van der Waals surface area contributed by atoms with Gasteiger partial charge in [0.15, 0.2) is 0 Å². The molecule has 0 bridgehead atoms. The van der Waals surface area contributed by atoms with E-state index in [4.69, 9.17) is 21.4 Å². The van der Waals surface area contributed by atoms with Gasteiger partial charge >= 0.3 is 5.97 Å². The number of hydrogen-bond acceptors (Lipinski definition) is 3. The molecule has 3 nitrogen and oxygen atoms in total. The second kappa shape index (κ2) is 5.38. The maximum atomic E-state index is 10.5. The number of hydrogen-bond donors (Lipinski definition) is 1. The third-order valence-electron chi connectivity index (χ3n) is 1.95. The summed E-state index contributed by atoms with van der Waals surface area (Å²) < 4.78 is 4.80. The van der Waals surface area contributed by atoms with Crippen molar-refractivity contribution in [2.45, 2.75) is 20.3 Å². The maximum absolute atomic E-state index is 10.5. The van der Waals surface area contributed by atoms with Crippen molar-refractivity contribution in [3.8, 4) is 0 Å². The van der Waals surface area contributed by atoms with Crippen molar-refractivity contribution in [1.29, 1.82) is 0 Å². The van der Waals surface area contributed by atoms with Crippen LogP contribution in [0.4, 0.5) is 0 Å². The van der Waals surface area contributed by atoms with Crippen molar-refractivity contribution < 1.29 is 14.6 Å². The molecule has 0 saturated carbocycles. The Kier molecular flexibility index (Phi) is 5.25. The second-order valence-electron chi connectivity index (χ2n) is 2.93. The molecular weight excluding hydrogens is 180 g/mol. The molecule has 0 aromatic rings. The van der Waals surface area contributed by atoms with Crippen molar-refractivity contribution in [3.63, 3.8) is 0 Å². The van der Waals surface area contributed by atoms with E-state index < -0.39 is 5.41 Å². The lowest BCUT2D eigenvalue weighted by Crippen LogP contribution is -2.33. The van der Waals surface area contributed by atoms with Crippen molar-refractivity contribution in [3.05, 3.63) is 0 Å². The molecule has 12 heavy (non-hydrogen) atoms. The Morgan fingerprint density at radius 1 is 1.67 bits per heavy atom. The van der Waals surface area contributed by atoms with Gasteiger partial charge in [0.25, 0.3) is 0 Å². The van der Waals surface area contributed by atoms with Gasteiger partial charge in [0.05, 0.1) is 6.61 Å². The number of carbonyl (C=O) groups excluding carboxylic acids is 1. The third-order valence-corrected chi connectivity index (χ3v) is 2.52. The molecule has 0 aliphatic carbocycles. The molecule has 1 atom stereocenters. The van der Waals surface area contributed by atoms with Gasteiger partial charge in [0.1, 0.15) is 6.61 Å². The Morgan fingerprint density at radius 2 is 2.25 bits per heavy atom. The summed E-state index contributed by atoms with van der Waals surface area (Å²) in [7, 11) is 0. The lowest BCUT2D eigenvalue weighted by molar-refractivity contribution is -0.145. The average molecular weight is 195 g/mol. The van der Waals surface area contributed by atoms with E-state index in [2.05, 4.69) is 0 Å². The molecule has 4 heteroatoms. The Bertz CT molecular complexity index is 135. The quantitative estimate of drug-likeness (QED) is 0.528. The summed E-state index contributed by atoms with van der Waals surface area (Å²) in [6, 6.07) is 0. The molecule has 0 spiro atoms. The van der Waals surface area contributed by atoms with Gasteiger partial charge in [0.2, 0.25) is 0 Å². The van der Waals surface area contributed by atoms with Gasteiger partial charge in [0, 0.05) is 18.2 Å². The lowest BCUT2D eigenvalue weighted by Gasteiger charge is -2.26. The second-order valence-corrected chi connectivity index (χ2v) is 3.19. The molecule has 1 unspecified atom stereocenters. The van der Waals surface area contributed by atoms with Crippen LogP contribution < -0.4 is 0 Å². The van der Waals surface area contributed by atoms with Gasteiger partial charge in [-0.15, -0.1) is 11.6 Å². The highest BCUT2D eigenvalue weighted by molar-refractivity contribution is 6.18. The molecule has 0 heterocycles. The van der Waals surface area contributed by atoms with E-state index in [1.54, 1.807) is 0 Å². The highest BCUT2D eigenvalue weighted by Crippen LogP contribution is 2.23. The normalized spacial score (nSPS) is 15.3. The number of halogens is 1. The maximum Gasteiger partial charge on any atom is 0.302 e. The van der Waals surface area contributed by atoms with Crippen molar-refractivity contribution in [2.24, 2.45) is 5.41 Å². The largest absolute Gasteiger partial charge is 0.465 e. The first-order valence-corrected chi connectivity index (χ1v) is 4.44. The first kappa shape index (κ1) is 11.7. The minimum absolute atomic E-state index is 0.0553. The van der Waals surface area contributed by atoms with Gasteiger partial charge in [-0.1, -0.05) is 6.92 Å². The minimum atomic E-state index is -0.465. The van der Waals surface area contributed by atoms with Crippen LogP contribution in [-0.2, 0) is 9.53 Å². The number of aliphatic hydroxyl groups excluding tert-OH is 1. The summed E-state index contributed by atoms with van der Waals surface area (Å²) in [5.41, 5.74) is -0.465. The average Bonchev–Trinajstić information content (AvgIpc) is 2.08. The Morgan fingerprint density at radius 3 is 2.50 bits per heavy atom. The molecule has 0 fully saturated rings. The SMILES string of the molecule is CCC(CO)(CCl)COC(C)=O. The Labute approximate surface area is 77.7 Å². The van der Waals surface area contributed by atoms with Crippen LogP contribution in [0.15, 0.2) is 0 Å².